The zero-order chi connectivity index (χ0) is 20.9. The lowest BCUT2D eigenvalue weighted by Gasteiger charge is -2.31. The molecule has 0 unspecified atom stereocenters. The molecule has 4 aromatic rings. The predicted octanol–water partition coefficient (Wildman–Crippen LogP) is 4.02. The summed E-state index contributed by atoms with van der Waals surface area (Å²) >= 11 is 1.49. The molecule has 7 heteroatoms. The van der Waals surface area contributed by atoms with Gasteiger partial charge in [0.25, 0.3) is 5.56 Å². The van der Waals surface area contributed by atoms with Gasteiger partial charge in [0.05, 0.1) is 24.4 Å². The average molecular weight is 433 g/mol. The first-order valence-electron chi connectivity index (χ1n) is 11.0. The first-order valence-corrected chi connectivity index (χ1v) is 11.8. The Hall–Kier alpha value is -2.77. The highest BCUT2D eigenvalue weighted by Crippen LogP contribution is 2.40. The molecule has 1 aromatic carbocycles. The molecule has 0 N–H and O–H groups in total. The van der Waals surface area contributed by atoms with Crippen molar-refractivity contribution in [1.29, 1.82) is 0 Å². The molecule has 0 radical (unpaired) electrons. The minimum atomic E-state index is -0.0191. The summed E-state index contributed by atoms with van der Waals surface area (Å²) in [7, 11) is 0. The fraction of sp³-hybridized carbons (Fsp3) is 0.375. The lowest BCUT2D eigenvalue weighted by atomic mass is 9.90. The maximum atomic E-state index is 13.4. The van der Waals surface area contributed by atoms with Gasteiger partial charge in [-0.2, -0.15) is 0 Å². The number of thiophene rings is 1. The highest BCUT2D eigenvalue weighted by atomic mass is 32.1. The number of hydrogen-bond acceptors (Lipinski definition) is 6. The van der Waals surface area contributed by atoms with Gasteiger partial charge in [-0.25, -0.2) is 9.97 Å². The molecule has 0 spiro atoms. The zero-order valence-corrected chi connectivity index (χ0v) is 18.4. The van der Waals surface area contributed by atoms with Gasteiger partial charge in [0.2, 0.25) is 0 Å². The van der Waals surface area contributed by atoms with Gasteiger partial charge in [-0.1, -0.05) is 17.7 Å². The molecule has 3 aromatic heterocycles. The van der Waals surface area contributed by atoms with Crippen LogP contribution in [0.3, 0.4) is 0 Å². The van der Waals surface area contributed by atoms with E-state index in [9.17, 15) is 4.79 Å². The summed E-state index contributed by atoms with van der Waals surface area (Å²) in [5.74, 6) is 1.09. The second-order valence-corrected chi connectivity index (χ2v) is 9.41. The fourth-order valence-electron chi connectivity index (χ4n) is 4.82. The molecule has 2 aliphatic rings. The topological polar surface area (TPSA) is 60.3 Å². The molecule has 0 bridgehead atoms. The van der Waals surface area contributed by atoms with E-state index in [4.69, 9.17) is 14.7 Å². The molecule has 0 amide bonds. The van der Waals surface area contributed by atoms with Gasteiger partial charge < -0.3 is 9.64 Å². The highest BCUT2D eigenvalue weighted by molar-refractivity contribution is 7.25. The second-order valence-electron chi connectivity index (χ2n) is 8.41. The molecule has 6 nitrogen and oxygen atoms in total. The summed E-state index contributed by atoms with van der Waals surface area (Å²) in [4.78, 5) is 26.6. The van der Waals surface area contributed by atoms with Crippen molar-refractivity contribution in [3.63, 3.8) is 0 Å². The Morgan fingerprint density at radius 3 is 2.55 bits per heavy atom. The molecular weight excluding hydrogens is 408 g/mol. The third kappa shape index (κ3) is 3.06. The van der Waals surface area contributed by atoms with Crippen LogP contribution in [0.4, 0.5) is 5.82 Å². The molecule has 6 rings (SSSR count). The van der Waals surface area contributed by atoms with Crippen molar-refractivity contribution in [2.24, 2.45) is 0 Å². The van der Waals surface area contributed by atoms with Gasteiger partial charge in [0, 0.05) is 18.5 Å². The van der Waals surface area contributed by atoms with Gasteiger partial charge in [-0.3, -0.25) is 9.36 Å². The molecule has 1 aliphatic carbocycles. The van der Waals surface area contributed by atoms with E-state index >= 15 is 0 Å². The average Bonchev–Trinajstić information content (AvgIpc) is 3.20. The summed E-state index contributed by atoms with van der Waals surface area (Å²) in [5, 5.41) is 1.10. The molecule has 31 heavy (non-hydrogen) atoms. The van der Waals surface area contributed by atoms with Gasteiger partial charge in [0.1, 0.15) is 21.7 Å². The monoisotopic (exact) mass is 432 g/mol. The molecule has 0 atom stereocenters. The molecule has 1 aliphatic heterocycles. The number of pyridine rings is 1. The van der Waals surface area contributed by atoms with Crippen LogP contribution in [-0.4, -0.2) is 40.8 Å². The number of ether oxygens (including phenoxy) is 1. The van der Waals surface area contributed by atoms with Crippen LogP contribution in [0.5, 0.6) is 0 Å². The largest absolute Gasteiger partial charge is 0.378 e. The first kappa shape index (κ1) is 19.0. The Morgan fingerprint density at radius 1 is 1.03 bits per heavy atom. The molecule has 158 valence electrons. The molecule has 1 saturated heterocycles. The van der Waals surface area contributed by atoms with E-state index in [0.29, 0.717) is 4.70 Å². The van der Waals surface area contributed by atoms with E-state index < -0.39 is 0 Å². The Morgan fingerprint density at radius 2 is 1.77 bits per heavy atom. The Bertz CT molecular complexity index is 1350. The van der Waals surface area contributed by atoms with E-state index in [1.807, 2.05) is 31.2 Å². The number of aryl methyl sites for hydroxylation is 2. The van der Waals surface area contributed by atoms with Gasteiger partial charge in [-0.05, 0) is 55.9 Å². The normalized spacial score (nSPS) is 16.7. The minimum absolute atomic E-state index is 0.0191. The highest BCUT2D eigenvalue weighted by Gasteiger charge is 2.26. The quantitative estimate of drug-likeness (QED) is 0.479. The van der Waals surface area contributed by atoms with Crippen LogP contribution in [0.2, 0.25) is 0 Å². The Balaban J connectivity index is 1.59. The number of benzene rings is 1. The number of hydrogen-bond donors (Lipinski definition) is 0. The third-order valence-corrected chi connectivity index (χ3v) is 7.51. The van der Waals surface area contributed by atoms with Crippen LogP contribution >= 0.6 is 11.3 Å². The number of anilines is 1. The minimum Gasteiger partial charge on any atom is -0.378 e. The third-order valence-electron chi connectivity index (χ3n) is 6.45. The second kappa shape index (κ2) is 7.43. The summed E-state index contributed by atoms with van der Waals surface area (Å²) in [5.41, 5.74) is 5.50. The van der Waals surface area contributed by atoms with Crippen molar-refractivity contribution in [2.75, 3.05) is 31.2 Å². The first-order chi connectivity index (χ1) is 15.2. The van der Waals surface area contributed by atoms with Gasteiger partial charge in [-0.15, -0.1) is 11.3 Å². The molecular formula is C24H24N4O2S. The van der Waals surface area contributed by atoms with E-state index in [0.717, 1.165) is 66.4 Å². The van der Waals surface area contributed by atoms with Crippen molar-refractivity contribution in [3.05, 3.63) is 57.6 Å². The zero-order valence-electron chi connectivity index (χ0n) is 17.6. The number of nitrogens with zero attached hydrogens (tertiary/aromatic N) is 4. The molecule has 1 fully saturated rings. The van der Waals surface area contributed by atoms with Gasteiger partial charge >= 0.3 is 0 Å². The van der Waals surface area contributed by atoms with E-state index in [-0.39, 0.29) is 5.56 Å². The van der Waals surface area contributed by atoms with Crippen LogP contribution < -0.4 is 10.5 Å². The van der Waals surface area contributed by atoms with Crippen molar-refractivity contribution in [3.8, 4) is 5.69 Å². The van der Waals surface area contributed by atoms with E-state index in [1.54, 1.807) is 10.9 Å². The predicted molar refractivity (Wildman–Crippen MR) is 125 cm³/mol. The summed E-state index contributed by atoms with van der Waals surface area (Å²) in [6.45, 7) is 5.26. The number of fused-ring (bicyclic) bond motifs is 5. The van der Waals surface area contributed by atoms with Crippen molar-refractivity contribution < 1.29 is 4.74 Å². The number of rotatable bonds is 2. The maximum Gasteiger partial charge on any atom is 0.275 e. The summed E-state index contributed by atoms with van der Waals surface area (Å²) < 4.78 is 7.90. The van der Waals surface area contributed by atoms with Crippen LogP contribution in [0.1, 0.15) is 29.5 Å². The number of morpholine rings is 1. The van der Waals surface area contributed by atoms with Crippen molar-refractivity contribution >= 4 is 37.6 Å². The fourth-order valence-corrected chi connectivity index (χ4v) is 5.91. The maximum absolute atomic E-state index is 13.4. The van der Waals surface area contributed by atoms with Crippen LogP contribution in [0.25, 0.3) is 26.1 Å². The molecule has 4 heterocycles. The lowest BCUT2D eigenvalue weighted by Crippen LogP contribution is -2.37. The standard InChI is InChI=1S/C24H24N4O2S/c1-15-6-8-16(9-7-15)28-14-25-20-19-17-4-2-3-5-18(17)22(27-10-12-30-13-11-27)26-23(19)31-21(20)24(28)29/h6-9,14H,2-5,10-13H2,1H3. The Kier molecular flexibility index (Phi) is 4.54. The van der Waals surface area contributed by atoms with Crippen molar-refractivity contribution in [2.45, 2.75) is 32.6 Å². The van der Waals surface area contributed by atoms with Crippen LogP contribution in [0, 0.1) is 6.92 Å². The summed E-state index contributed by atoms with van der Waals surface area (Å²) in [6, 6.07) is 7.97. The van der Waals surface area contributed by atoms with Crippen molar-refractivity contribution in [1.82, 2.24) is 14.5 Å². The summed E-state index contributed by atoms with van der Waals surface area (Å²) in [6.07, 6.45) is 6.11. The smallest absolute Gasteiger partial charge is 0.275 e. The SMILES string of the molecule is Cc1ccc(-n2cnc3c(sc4nc(N5CCOCC5)c5c(c43)CCCC5)c2=O)cc1. The van der Waals surface area contributed by atoms with Crippen LogP contribution in [0.15, 0.2) is 35.4 Å². The van der Waals surface area contributed by atoms with Gasteiger partial charge in [0.15, 0.2) is 0 Å². The number of aromatic nitrogens is 3. The Labute approximate surface area is 184 Å². The van der Waals surface area contributed by atoms with E-state index in [1.165, 1.54) is 40.9 Å². The van der Waals surface area contributed by atoms with E-state index in [2.05, 4.69) is 4.90 Å². The lowest BCUT2D eigenvalue weighted by molar-refractivity contribution is 0.122. The molecule has 0 saturated carbocycles. The van der Waals surface area contributed by atoms with Crippen LogP contribution in [-0.2, 0) is 17.6 Å².